The molecular weight excluding hydrogens is 451 g/mol. The van der Waals surface area contributed by atoms with Crippen molar-refractivity contribution in [3.8, 4) is 11.5 Å². The van der Waals surface area contributed by atoms with Gasteiger partial charge < -0.3 is 24.4 Å². The molecule has 1 amide bonds. The first-order chi connectivity index (χ1) is 16.9. The fourth-order valence-electron chi connectivity index (χ4n) is 4.18. The number of benzene rings is 2. The van der Waals surface area contributed by atoms with Crippen molar-refractivity contribution in [1.29, 1.82) is 0 Å². The molecule has 1 atom stereocenters. The van der Waals surface area contributed by atoms with Crippen molar-refractivity contribution in [2.45, 2.75) is 33.2 Å². The molecular formula is C27H33FN2O5. The molecule has 1 fully saturated rings. The third kappa shape index (κ3) is 5.65. The lowest BCUT2D eigenvalue weighted by molar-refractivity contribution is -0.140. The number of carbonyl (C=O) groups is 2. The highest BCUT2D eigenvalue weighted by Crippen LogP contribution is 2.40. The Labute approximate surface area is 205 Å². The Morgan fingerprint density at radius 2 is 1.77 bits per heavy atom. The summed E-state index contributed by atoms with van der Waals surface area (Å²) in [7, 11) is 1.34. The summed E-state index contributed by atoms with van der Waals surface area (Å²) in [4.78, 5) is 29.9. The molecule has 0 bridgehead atoms. The van der Waals surface area contributed by atoms with Crippen molar-refractivity contribution < 1.29 is 28.6 Å². The van der Waals surface area contributed by atoms with Gasteiger partial charge in [-0.1, -0.05) is 32.9 Å². The zero-order valence-corrected chi connectivity index (χ0v) is 20.7. The topological polar surface area (TPSA) is 79.3 Å². The first-order valence-electron chi connectivity index (χ1n) is 11.9. The molecule has 0 radical (unpaired) electrons. The molecule has 35 heavy (non-hydrogen) atoms. The monoisotopic (exact) mass is 484 g/mol. The van der Waals surface area contributed by atoms with E-state index in [9.17, 15) is 19.1 Å². The lowest BCUT2D eigenvalue weighted by Gasteiger charge is -2.28. The third-order valence-electron chi connectivity index (χ3n) is 6.19. The quantitative estimate of drug-likeness (QED) is 0.290. The summed E-state index contributed by atoms with van der Waals surface area (Å²) in [6.45, 7) is 9.14. The van der Waals surface area contributed by atoms with Crippen LogP contribution in [-0.2, 0) is 9.59 Å². The number of ether oxygens (including phenoxy) is 2. The highest BCUT2D eigenvalue weighted by molar-refractivity contribution is 6.46. The summed E-state index contributed by atoms with van der Waals surface area (Å²) in [6.07, 6.45) is 0.867. The second kappa shape index (κ2) is 11.8. The maximum absolute atomic E-state index is 14.4. The number of Topliss-reactive ketones (excluding diaryl/α,β-unsaturated/α-hetero) is 1. The van der Waals surface area contributed by atoms with Gasteiger partial charge in [-0.3, -0.25) is 9.59 Å². The van der Waals surface area contributed by atoms with Gasteiger partial charge in [-0.05, 0) is 55.4 Å². The van der Waals surface area contributed by atoms with Crippen molar-refractivity contribution in [1.82, 2.24) is 9.80 Å². The van der Waals surface area contributed by atoms with Crippen LogP contribution in [0.5, 0.6) is 11.5 Å². The number of aliphatic hydroxyl groups excluding tert-OH is 1. The summed E-state index contributed by atoms with van der Waals surface area (Å²) in [6, 6.07) is 10.2. The van der Waals surface area contributed by atoms with E-state index in [1.807, 2.05) is 20.8 Å². The van der Waals surface area contributed by atoms with Crippen LogP contribution in [0.15, 0.2) is 48.0 Å². The van der Waals surface area contributed by atoms with Gasteiger partial charge in [0, 0.05) is 18.7 Å². The molecule has 0 spiro atoms. The molecule has 0 saturated carbocycles. The van der Waals surface area contributed by atoms with Gasteiger partial charge in [-0.25, -0.2) is 4.39 Å². The molecule has 2 aromatic carbocycles. The second-order valence-corrected chi connectivity index (χ2v) is 8.29. The van der Waals surface area contributed by atoms with Gasteiger partial charge in [0.15, 0.2) is 11.6 Å². The number of methoxy groups -OCH3 is 1. The van der Waals surface area contributed by atoms with E-state index in [0.29, 0.717) is 31.0 Å². The number of nitrogens with zero attached hydrogens (tertiary/aromatic N) is 2. The van der Waals surface area contributed by atoms with Gasteiger partial charge in [-0.2, -0.15) is 0 Å². The number of likely N-dealkylation sites (tertiary alicyclic amines) is 1. The van der Waals surface area contributed by atoms with Gasteiger partial charge in [0.1, 0.15) is 11.5 Å². The van der Waals surface area contributed by atoms with Gasteiger partial charge in [0.25, 0.3) is 11.7 Å². The predicted molar refractivity (Wildman–Crippen MR) is 132 cm³/mol. The maximum atomic E-state index is 14.4. The van der Waals surface area contributed by atoms with E-state index in [-0.39, 0.29) is 16.9 Å². The molecule has 1 heterocycles. The fourth-order valence-corrected chi connectivity index (χ4v) is 4.18. The number of rotatable bonds is 11. The fraction of sp³-hybridized carbons (Fsp3) is 0.407. The van der Waals surface area contributed by atoms with Crippen LogP contribution < -0.4 is 9.47 Å². The van der Waals surface area contributed by atoms with Crippen LogP contribution in [0.25, 0.3) is 5.76 Å². The SMILES string of the molecule is CCCOc1ccc([C@@H]2C(=C(O)c3ccc(OC)c(F)c3)C(=O)C(=O)N2CCN(CC)CC)cc1. The van der Waals surface area contributed by atoms with Crippen LogP contribution in [0.3, 0.4) is 0 Å². The Morgan fingerprint density at radius 3 is 2.34 bits per heavy atom. The summed E-state index contributed by atoms with van der Waals surface area (Å²) in [5.41, 5.74) is 0.683. The molecule has 1 saturated heterocycles. The minimum Gasteiger partial charge on any atom is -0.507 e. The van der Waals surface area contributed by atoms with Gasteiger partial charge in [-0.15, -0.1) is 0 Å². The maximum Gasteiger partial charge on any atom is 0.295 e. The molecule has 0 aromatic heterocycles. The standard InChI is InChI=1S/C27H33FN2O5/c1-5-16-35-20-11-8-18(9-12-20)24-23(25(31)19-10-13-22(34-4)21(28)17-19)26(32)27(33)30(24)15-14-29(6-2)7-3/h8-13,17,24,31H,5-7,14-16H2,1-4H3/t24-/m1/s1. The lowest BCUT2D eigenvalue weighted by Crippen LogP contribution is -2.38. The Morgan fingerprint density at radius 1 is 1.09 bits per heavy atom. The minimum absolute atomic E-state index is 0.0143. The van der Waals surface area contributed by atoms with Crippen molar-refractivity contribution in [2.24, 2.45) is 0 Å². The zero-order chi connectivity index (χ0) is 25.5. The van der Waals surface area contributed by atoms with E-state index in [4.69, 9.17) is 9.47 Å². The number of amides is 1. The largest absolute Gasteiger partial charge is 0.507 e. The average molecular weight is 485 g/mol. The molecule has 1 aliphatic heterocycles. The Kier molecular flexibility index (Phi) is 8.87. The first-order valence-corrected chi connectivity index (χ1v) is 11.9. The Balaban J connectivity index is 2.07. The van der Waals surface area contributed by atoms with Gasteiger partial charge in [0.05, 0.1) is 25.3 Å². The van der Waals surface area contributed by atoms with Crippen molar-refractivity contribution >= 4 is 17.4 Å². The number of carbonyl (C=O) groups excluding carboxylic acids is 2. The van der Waals surface area contributed by atoms with Crippen LogP contribution in [0.2, 0.25) is 0 Å². The summed E-state index contributed by atoms with van der Waals surface area (Å²) < 4.78 is 25.0. The number of hydrogen-bond acceptors (Lipinski definition) is 6. The third-order valence-corrected chi connectivity index (χ3v) is 6.19. The number of aliphatic hydroxyl groups is 1. The second-order valence-electron chi connectivity index (χ2n) is 8.29. The van der Waals surface area contributed by atoms with Crippen LogP contribution >= 0.6 is 0 Å². The molecule has 8 heteroatoms. The number of likely N-dealkylation sites (N-methyl/N-ethyl adjacent to an activating group) is 1. The van der Waals surface area contributed by atoms with E-state index < -0.39 is 29.3 Å². The van der Waals surface area contributed by atoms with Crippen LogP contribution in [0.1, 0.15) is 44.4 Å². The molecule has 3 rings (SSSR count). The number of halogens is 1. The summed E-state index contributed by atoms with van der Waals surface area (Å²) >= 11 is 0. The molecule has 1 aliphatic rings. The molecule has 1 N–H and O–H groups in total. The Hall–Kier alpha value is -3.39. The molecule has 0 aliphatic carbocycles. The van der Waals surface area contributed by atoms with Crippen LogP contribution in [0, 0.1) is 5.82 Å². The number of hydrogen-bond donors (Lipinski definition) is 1. The molecule has 188 valence electrons. The number of ketones is 1. The normalized spacial score (nSPS) is 17.3. The highest BCUT2D eigenvalue weighted by atomic mass is 19.1. The lowest BCUT2D eigenvalue weighted by atomic mass is 9.95. The molecule has 7 nitrogen and oxygen atoms in total. The summed E-state index contributed by atoms with van der Waals surface area (Å²) in [5.74, 6) is -1.90. The molecule has 2 aromatic rings. The first kappa shape index (κ1) is 26.2. The zero-order valence-electron chi connectivity index (χ0n) is 20.7. The predicted octanol–water partition coefficient (Wildman–Crippen LogP) is 4.39. The van der Waals surface area contributed by atoms with E-state index in [2.05, 4.69) is 4.90 Å². The average Bonchev–Trinajstić information content (AvgIpc) is 3.12. The van der Waals surface area contributed by atoms with E-state index >= 15 is 0 Å². The highest BCUT2D eigenvalue weighted by Gasteiger charge is 2.46. The smallest absolute Gasteiger partial charge is 0.295 e. The van der Waals surface area contributed by atoms with E-state index in [0.717, 1.165) is 25.6 Å². The van der Waals surface area contributed by atoms with Crippen molar-refractivity contribution in [2.75, 3.05) is 39.9 Å². The minimum atomic E-state index is -0.809. The van der Waals surface area contributed by atoms with Gasteiger partial charge >= 0.3 is 0 Å². The van der Waals surface area contributed by atoms with E-state index in [1.54, 1.807) is 24.3 Å². The Bertz CT molecular complexity index is 1080. The van der Waals surface area contributed by atoms with Crippen LogP contribution in [0.4, 0.5) is 4.39 Å². The van der Waals surface area contributed by atoms with E-state index in [1.165, 1.54) is 24.1 Å². The summed E-state index contributed by atoms with van der Waals surface area (Å²) in [5, 5.41) is 11.1. The van der Waals surface area contributed by atoms with Gasteiger partial charge in [0.2, 0.25) is 0 Å². The van der Waals surface area contributed by atoms with Crippen molar-refractivity contribution in [3.05, 3.63) is 65.0 Å². The van der Waals surface area contributed by atoms with Crippen LogP contribution in [-0.4, -0.2) is 66.5 Å². The molecule has 0 unspecified atom stereocenters. The van der Waals surface area contributed by atoms with Crippen molar-refractivity contribution in [3.63, 3.8) is 0 Å².